The van der Waals surface area contributed by atoms with Crippen LogP contribution in [-0.2, 0) is 11.3 Å². The fraction of sp³-hybridized carbons (Fsp3) is 0.440. The maximum atomic E-state index is 12.2. The molecule has 3 N–H and O–H groups in total. The molecule has 166 valence electrons. The molecule has 1 aliphatic rings. The van der Waals surface area contributed by atoms with Crippen LogP contribution < -0.4 is 20.7 Å². The minimum Gasteiger partial charge on any atom is -0.497 e. The summed E-state index contributed by atoms with van der Waals surface area (Å²) in [4.78, 5) is 16.5. The van der Waals surface area contributed by atoms with Crippen molar-refractivity contribution >= 4 is 17.6 Å². The van der Waals surface area contributed by atoms with Gasteiger partial charge in [-0.15, -0.1) is 0 Å². The van der Waals surface area contributed by atoms with E-state index in [2.05, 4.69) is 40.0 Å². The SMILES string of the molecule is CN=C(NCCC(C)c1ccc(OC)cc1)NCc1cccc(NC(=O)C2CCC2)c1. The number of anilines is 1. The summed E-state index contributed by atoms with van der Waals surface area (Å²) in [6.45, 7) is 3.69. The highest BCUT2D eigenvalue weighted by Gasteiger charge is 2.25. The lowest BCUT2D eigenvalue weighted by Crippen LogP contribution is -2.37. The molecule has 3 rings (SSSR count). The zero-order valence-corrected chi connectivity index (χ0v) is 18.8. The lowest BCUT2D eigenvalue weighted by molar-refractivity contribution is -0.122. The van der Waals surface area contributed by atoms with E-state index in [4.69, 9.17) is 4.74 Å². The molecule has 0 spiro atoms. The molecule has 31 heavy (non-hydrogen) atoms. The molecule has 1 amide bonds. The fourth-order valence-electron chi connectivity index (χ4n) is 3.59. The third kappa shape index (κ3) is 6.74. The molecule has 1 fully saturated rings. The van der Waals surface area contributed by atoms with Crippen LogP contribution in [0.25, 0.3) is 0 Å². The smallest absolute Gasteiger partial charge is 0.227 e. The van der Waals surface area contributed by atoms with Gasteiger partial charge in [0, 0.05) is 31.7 Å². The minimum absolute atomic E-state index is 0.139. The van der Waals surface area contributed by atoms with Crippen LogP contribution in [0.2, 0.25) is 0 Å². The number of rotatable bonds is 9. The molecule has 0 bridgehead atoms. The number of guanidine groups is 1. The number of hydrogen-bond donors (Lipinski definition) is 3. The van der Waals surface area contributed by atoms with Crippen molar-refractivity contribution in [1.29, 1.82) is 0 Å². The predicted molar refractivity (Wildman–Crippen MR) is 127 cm³/mol. The standard InChI is InChI=1S/C25H34N4O2/c1-18(20-10-12-23(31-3)13-11-20)14-15-27-25(26-2)28-17-19-6-4-9-22(16-19)29-24(30)21-7-5-8-21/h4,6,9-13,16,18,21H,5,7-8,14-15,17H2,1-3H3,(H,29,30)(H2,26,27,28). The Morgan fingerprint density at radius 3 is 2.58 bits per heavy atom. The molecular weight excluding hydrogens is 388 g/mol. The van der Waals surface area contributed by atoms with Crippen LogP contribution in [0, 0.1) is 5.92 Å². The molecule has 0 radical (unpaired) electrons. The zero-order chi connectivity index (χ0) is 22.1. The number of nitrogens with one attached hydrogen (secondary N) is 3. The Kier molecular flexibility index (Phi) is 8.33. The Labute approximate surface area is 185 Å². The first-order chi connectivity index (χ1) is 15.1. The van der Waals surface area contributed by atoms with Crippen LogP contribution in [0.4, 0.5) is 5.69 Å². The van der Waals surface area contributed by atoms with E-state index in [9.17, 15) is 4.79 Å². The van der Waals surface area contributed by atoms with E-state index in [1.807, 2.05) is 36.4 Å². The van der Waals surface area contributed by atoms with Crippen molar-refractivity contribution in [2.24, 2.45) is 10.9 Å². The molecular formula is C25H34N4O2. The Balaban J connectivity index is 1.42. The lowest BCUT2D eigenvalue weighted by Gasteiger charge is -2.24. The van der Waals surface area contributed by atoms with Gasteiger partial charge in [0.15, 0.2) is 5.96 Å². The summed E-state index contributed by atoms with van der Waals surface area (Å²) in [5.74, 6) is 2.41. The van der Waals surface area contributed by atoms with Crippen molar-refractivity contribution in [3.05, 3.63) is 59.7 Å². The maximum Gasteiger partial charge on any atom is 0.227 e. The van der Waals surface area contributed by atoms with Gasteiger partial charge < -0.3 is 20.7 Å². The van der Waals surface area contributed by atoms with E-state index in [1.165, 1.54) is 5.56 Å². The van der Waals surface area contributed by atoms with E-state index in [-0.39, 0.29) is 11.8 Å². The average molecular weight is 423 g/mol. The molecule has 0 saturated heterocycles. The predicted octanol–water partition coefficient (Wildman–Crippen LogP) is 4.29. The van der Waals surface area contributed by atoms with Crippen molar-refractivity contribution in [3.8, 4) is 5.75 Å². The van der Waals surface area contributed by atoms with Gasteiger partial charge in [0.25, 0.3) is 0 Å². The van der Waals surface area contributed by atoms with E-state index in [1.54, 1.807) is 14.2 Å². The van der Waals surface area contributed by atoms with Gasteiger partial charge in [-0.3, -0.25) is 9.79 Å². The van der Waals surface area contributed by atoms with E-state index in [0.29, 0.717) is 12.5 Å². The highest BCUT2D eigenvalue weighted by Crippen LogP contribution is 2.27. The highest BCUT2D eigenvalue weighted by molar-refractivity contribution is 5.93. The van der Waals surface area contributed by atoms with Crippen molar-refractivity contribution in [3.63, 3.8) is 0 Å². The molecule has 1 atom stereocenters. The summed E-state index contributed by atoms with van der Waals surface area (Å²) < 4.78 is 5.23. The third-order valence-electron chi connectivity index (χ3n) is 5.91. The van der Waals surface area contributed by atoms with Gasteiger partial charge >= 0.3 is 0 Å². The van der Waals surface area contributed by atoms with Gasteiger partial charge in [0.1, 0.15) is 5.75 Å². The number of aliphatic imine (C=N–C) groups is 1. The molecule has 1 aliphatic carbocycles. The van der Waals surface area contributed by atoms with Crippen LogP contribution in [-0.4, -0.2) is 32.6 Å². The zero-order valence-electron chi connectivity index (χ0n) is 18.8. The maximum absolute atomic E-state index is 12.2. The largest absolute Gasteiger partial charge is 0.497 e. The second-order valence-corrected chi connectivity index (χ2v) is 8.13. The van der Waals surface area contributed by atoms with E-state index in [0.717, 1.165) is 55.2 Å². The summed E-state index contributed by atoms with van der Waals surface area (Å²) in [6, 6.07) is 16.2. The van der Waals surface area contributed by atoms with Crippen LogP contribution in [0.15, 0.2) is 53.5 Å². The van der Waals surface area contributed by atoms with Gasteiger partial charge in [0.2, 0.25) is 5.91 Å². The molecule has 1 saturated carbocycles. The second-order valence-electron chi connectivity index (χ2n) is 8.13. The average Bonchev–Trinajstić information content (AvgIpc) is 2.75. The van der Waals surface area contributed by atoms with E-state index >= 15 is 0 Å². The molecule has 0 aromatic heterocycles. The van der Waals surface area contributed by atoms with Crippen molar-refractivity contribution in [2.45, 2.75) is 45.1 Å². The summed E-state index contributed by atoms with van der Waals surface area (Å²) in [7, 11) is 3.46. The number of carbonyl (C=O) groups is 1. The molecule has 1 unspecified atom stereocenters. The van der Waals surface area contributed by atoms with Gasteiger partial charge in [-0.25, -0.2) is 0 Å². The van der Waals surface area contributed by atoms with Crippen molar-refractivity contribution in [2.75, 3.05) is 26.0 Å². The number of nitrogens with zero attached hydrogens (tertiary/aromatic N) is 1. The van der Waals surface area contributed by atoms with E-state index < -0.39 is 0 Å². The minimum atomic E-state index is 0.139. The summed E-state index contributed by atoms with van der Waals surface area (Å²) >= 11 is 0. The fourth-order valence-corrected chi connectivity index (χ4v) is 3.59. The molecule has 2 aromatic rings. The quantitative estimate of drug-likeness (QED) is 0.416. The molecule has 0 heterocycles. The number of amides is 1. The van der Waals surface area contributed by atoms with Crippen LogP contribution >= 0.6 is 0 Å². The number of methoxy groups -OCH3 is 1. The topological polar surface area (TPSA) is 74.8 Å². The first-order valence-corrected chi connectivity index (χ1v) is 11.1. The van der Waals surface area contributed by atoms with Gasteiger partial charge in [-0.05, 0) is 60.6 Å². The molecule has 0 aliphatic heterocycles. The van der Waals surface area contributed by atoms with Crippen LogP contribution in [0.5, 0.6) is 5.75 Å². The van der Waals surface area contributed by atoms with Crippen molar-refractivity contribution in [1.82, 2.24) is 10.6 Å². The Morgan fingerprint density at radius 2 is 1.94 bits per heavy atom. The molecule has 6 nitrogen and oxygen atoms in total. The van der Waals surface area contributed by atoms with Crippen LogP contribution in [0.3, 0.4) is 0 Å². The highest BCUT2D eigenvalue weighted by atomic mass is 16.5. The second kappa shape index (κ2) is 11.4. The summed E-state index contributed by atoms with van der Waals surface area (Å²) in [6.07, 6.45) is 4.17. The molecule has 6 heteroatoms. The monoisotopic (exact) mass is 422 g/mol. The number of ether oxygens (including phenoxy) is 1. The van der Waals surface area contributed by atoms with Gasteiger partial charge in [-0.1, -0.05) is 37.6 Å². The lowest BCUT2D eigenvalue weighted by atomic mass is 9.85. The van der Waals surface area contributed by atoms with Gasteiger partial charge in [0.05, 0.1) is 7.11 Å². The van der Waals surface area contributed by atoms with Gasteiger partial charge in [-0.2, -0.15) is 0 Å². The first-order valence-electron chi connectivity index (χ1n) is 11.1. The third-order valence-corrected chi connectivity index (χ3v) is 5.91. The Morgan fingerprint density at radius 1 is 1.16 bits per heavy atom. The summed E-state index contributed by atoms with van der Waals surface area (Å²) in [5.41, 5.74) is 3.25. The number of carbonyl (C=O) groups excluding carboxylic acids is 1. The van der Waals surface area contributed by atoms with Crippen LogP contribution in [0.1, 0.15) is 49.7 Å². The normalized spacial score (nSPS) is 15.0. The number of benzene rings is 2. The van der Waals surface area contributed by atoms with Crippen molar-refractivity contribution < 1.29 is 9.53 Å². The molecule has 2 aromatic carbocycles. The Hall–Kier alpha value is -3.02. The first kappa shape index (κ1) is 22.7. The number of hydrogen-bond acceptors (Lipinski definition) is 3. The summed E-state index contributed by atoms with van der Waals surface area (Å²) in [5, 5.41) is 9.77. The Bertz CT molecular complexity index is 875.